The second-order valence-corrected chi connectivity index (χ2v) is 14.1. The van der Waals surface area contributed by atoms with Crippen molar-refractivity contribution in [3.8, 4) is 22.4 Å². The highest BCUT2D eigenvalue weighted by atomic mass is 32.2. The summed E-state index contributed by atoms with van der Waals surface area (Å²) in [5.41, 5.74) is 8.19. The quantitative estimate of drug-likeness (QED) is 0.294. The van der Waals surface area contributed by atoms with Crippen molar-refractivity contribution in [2.45, 2.75) is 48.5 Å². The molecule has 6 heterocycles. The van der Waals surface area contributed by atoms with Gasteiger partial charge in [0.15, 0.2) is 5.65 Å². The van der Waals surface area contributed by atoms with E-state index < -0.39 is 40.3 Å². The van der Waals surface area contributed by atoms with E-state index in [1.54, 1.807) is 54.1 Å². The van der Waals surface area contributed by atoms with Gasteiger partial charge in [0.2, 0.25) is 5.95 Å². The molecule has 1 fully saturated rings. The molecule has 14 heteroatoms. The molecule has 242 valence electrons. The summed E-state index contributed by atoms with van der Waals surface area (Å²) in [6, 6.07) is 13.6. The van der Waals surface area contributed by atoms with Crippen molar-refractivity contribution >= 4 is 32.1 Å². The Balaban J connectivity index is 1.60. The van der Waals surface area contributed by atoms with E-state index in [0.29, 0.717) is 46.0 Å². The maximum atomic E-state index is 15.8. The van der Waals surface area contributed by atoms with Gasteiger partial charge >= 0.3 is 5.69 Å². The summed E-state index contributed by atoms with van der Waals surface area (Å²) in [6.07, 6.45) is 2.04. The average Bonchev–Trinajstić information content (AvgIpc) is 3.77. The number of ether oxygens (including phenoxy) is 1. The summed E-state index contributed by atoms with van der Waals surface area (Å²) in [4.78, 5) is 18.7. The molecule has 2 aromatic carbocycles. The smallest absolute Gasteiger partial charge is 0.329 e. The molecule has 1 unspecified atom stereocenters. The van der Waals surface area contributed by atoms with Crippen LogP contribution in [0.2, 0.25) is 0 Å². The van der Waals surface area contributed by atoms with Crippen LogP contribution in [0.25, 0.3) is 44.5 Å². The van der Waals surface area contributed by atoms with Gasteiger partial charge in [0, 0.05) is 44.4 Å². The molecule has 0 spiro atoms. The van der Waals surface area contributed by atoms with Crippen LogP contribution in [0.4, 0.5) is 8.78 Å². The highest BCUT2D eigenvalue weighted by Gasteiger charge is 2.39. The molecule has 4 aromatic heterocycles. The first-order chi connectivity index (χ1) is 22.6. The van der Waals surface area contributed by atoms with Gasteiger partial charge in [-0.1, -0.05) is 42.5 Å². The number of aromatic nitrogens is 6. The number of fused-ring (bicyclic) bond motifs is 5. The SMILES string of the molecule is Cn1cc(-c2c3c4c(ncc5c4n(c(=O)n5C)[C@H]4C[C@H](N)[C@@H](C4)OCCC(F)c4ccc-3cc4)n2S(=O)(=O)c2ccccc2)c(F)n1. The fourth-order valence-corrected chi connectivity index (χ4v) is 8.72. The van der Waals surface area contributed by atoms with Crippen LogP contribution in [0.15, 0.2) is 76.7 Å². The van der Waals surface area contributed by atoms with Crippen molar-refractivity contribution in [3.63, 3.8) is 0 Å². The zero-order valence-electron chi connectivity index (χ0n) is 25.5. The van der Waals surface area contributed by atoms with Crippen LogP contribution >= 0.6 is 0 Å². The Morgan fingerprint density at radius 2 is 1.79 bits per heavy atom. The van der Waals surface area contributed by atoms with Crippen molar-refractivity contribution in [2.24, 2.45) is 19.8 Å². The van der Waals surface area contributed by atoms with E-state index >= 15 is 8.78 Å². The monoisotopic (exact) mass is 659 g/mol. The van der Waals surface area contributed by atoms with Gasteiger partial charge in [-0.25, -0.2) is 26.6 Å². The molecule has 3 aliphatic rings. The Morgan fingerprint density at radius 1 is 1.04 bits per heavy atom. The van der Waals surface area contributed by atoms with Gasteiger partial charge in [-0.3, -0.25) is 13.8 Å². The van der Waals surface area contributed by atoms with E-state index in [1.165, 1.54) is 40.8 Å². The number of alkyl halides is 1. The van der Waals surface area contributed by atoms with Gasteiger partial charge in [0.1, 0.15) is 6.17 Å². The van der Waals surface area contributed by atoms with E-state index in [9.17, 15) is 13.2 Å². The summed E-state index contributed by atoms with van der Waals surface area (Å²) in [7, 11) is -1.25. The van der Waals surface area contributed by atoms with E-state index in [4.69, 9.17) is 10.5 Å². The summed E-state index contributed by atoms with van der Waals surface area (Å²) in [6.45, 7) is 0.152. The van der Waals surface area contributed by atoms with Crippen LogP contribution in [0, 0.1) is 5.95 Å². The summed E-state index contributed by atoms with van der Waals surface area (Å²) < 4.78 is 72.0. The number of benzene rings is 2. The summed E-state index contributed by atoms with van der Waals surface area (Å²) in [5.74, 6) is -0.893. The Morgan fingerprint density at radius 3 is 2.49 bits per heavy atom. The minimum Gasteiger partial charge on any atom is -0.376 e. The second kappa shape index (κ2) is 10.7. The van der Waals surface area contributed by atoms with Crippen LogP contribution in [0.3, 0.4) is 0 Å². The Kier molecular flexibility index (Phi) is 6.76. The van der Waals surface area contributed by atoms with Crippen molar-refractivity contribution in [2.75, 3.05) is 6.61 Å². The average molecular weight is 660 g/mol. The maximum absolute atomic E-state index is 15.8. The van der Waals surface area contributed by atoms with E-state index in [0.717, 1.165) is 3.97 Å². The van der Waals surface area contributed by atoms with Gasteiger partial charge in [0.25, 0.3) is 10.0 Å². The first-order valence-corrected chi connectivity index (χ1v) is 16.8. The molecule has 2 aliphatic heterocycles. The number of hydrogen-bond donors (Lipinski definition) is 1. The minimum atomic E-state index is -4.42. The summed E-state index contributed by atoms with van der Waals surface area (Å²) in [5, 5.41) is 4.24. The number of imidazole rings is 1. The van der Waals surface area contributed by atoms with Crippen LogP contribution in [0.5, 0.6) is 0 Å². The predicted molar refractivity (Wildman–Crippen MR) is 172 cm³/mol. The zero-order chi connectivity index (χ0) is 32.8. The normalized spacial score (nSPS) is 21.6. The number of hydrogen-bond acceptors (Lipinski definition) is 7. The van der Waals surface area contributed by atoms with E-state index in [-0.39, 0.29) is 40.5 Å². The molecule has 0 amide bonds. The molecule has 4 bridgehead atoms. The fraction of sp³-hybridized carbons (Fsp3) is 0.303. The van der Waals surface area contributed by atoms with Crippen LogP contribution in [0.1, 0.15) is 37.0 Å². The van der Waals surface area contributed by atoms with E-state index in [1.807, 2.05) is 0 Å². The largest absolute Gasteiger partial charge is 0.376 e. The minimum absolute atomic E-state index is 0.000752. The third-order valence-corrected chi connectivity index (χ3v) is 11.2. The standard InChI is InChI=1S/C33H31F2N7O4S/c1-39-17-22(31(35)38-39)29-27-19-10-8-18(9-11-19)23(34)12-13-46-26-15-20(14-24(26)36)41-30-25(40(2)33(41)43)16-37-32(28(27)30)42(29)47(44,45)21-6-4-3-5-7-21/h3-11,16-17,20,23-24,26H,12-15,36H2,1-2H3/t20-,23?,24-,26+/m0/s1. The van der Waals surface area contributed by atoms with Gasteiger partial charge in [-0.2, -0.15) is 4.39 Å². The maximum Gasteiger partial charge on any atom is 0.329 e. The molecule has 1 saturated carbocycles. The molecule has 9 rings (SSSR count). The van der Waals surface area contributed by atoms with Gasteiger partial charge in [-0.15, -0.1) is 5.10 Å². The van der Waals surface area contributed by atoms with Crippen LogP contribution in [-0.4, -0.2) is 55.0 Å². The molecule has 6 aromatic rings. The van der Waals surface area contributed by atoms with E-state index in [2.05, 4.69) is 10.1 Å². The Bertz CT molecular complexity index is 2360. The van der Waals surface area contributed by atoms with Crippen molar-refractivity contribution in [1.29, 1.82) is 0 Å². The van der Waals surface area contributed by atoms with Crippen molar-refractivity contribution in [1.82, 2.24) is 27.9 Å². The number of rotatable bonds is 3. The number of halogens is 2. The van der Waals surface area contributed by atoms with Gasteiger partial charge in [-0.05, 0) is 36.1 Å². The molecular weight excluding hydrogens is 628 g/mol. The second-order valence-electron chi connectivity index (χ2n) is 12.3. The Labute approximate surface area is 267 Å². The molecule has 2 N–H and O–H groups in total. The fourth-order valence-electron chi connectivity index (χ4n) is 7.21. The molecule has 0 saturated heterocycles. The van der Waals surface area contributed by atoms with Crippen molar-refractivity contribution in [3.05, 3.63) is 89.0 Å². The predicted octanol–water partition coefficient (Wildman–Crippen LogP) is 4.60. The Hall–Kier alpha value is -4.66. The summed E-state index contributed by atoms with van der Waals surface area (Å²) >= 11 is 0. The lowest BCUT2D eigenvalue weighted by atomic mass is 9.97. The van der Waals surface area contributed by atoms with Crippen LogP contribution < -0.4 is 11.4 Å². The lowest BCUT2D eigenvalue weighted by Gasteiger charge is -2.17. The molecular formula is C33H31F2N7O4S. The molecule has 11 nitrogen and oxygen atoms in total. The van der Waals surface area contributed by atoms with Crippen LogP contribution in [-0.2, 0) is 28.9 Å². The number of nitrogens with zero attached hydrogens (tertiary/aromatic N) is 6. The number of pyridine rings is 1. The van der Waals surface area contributed by atoms with Crippen molar-refractivity contribution < 1.29 is 21.9 Å². The zero-order valence-corrected chi connectivity index (χ0v) is 26.4. The van der Waals surface area contributed by atoms with Gasteiger partial charge in [0.05, 0.1) is 51.5 Å². The van der Waals surface area contributed by atoms with Gasteiger partial charge < -0.3 is 10.5 Å². The highest BCUT2D eigenvalue weighted by Crippen LogP contribution is 2.47. The topological polar surface area (TPSA) is 132 Å². The molecule has 0 radical (unpaired) electrons. The lowest BCUT2D eigenvalue weighted by Crippen LogP contribution is -2.31. The highest BCUT2D eigenvalue weighted by molar-refractivity contribution is 7.90. The molecule has 47 heavy (non-hydrogen) atoms. The molecule has 4 atom stereocenters. The third-order valence-electron chi connectivity index (χ3n) is 9.47. The third kappa shape index (κ3) is 4.42. The number of aryl methyl sites for hydroxylation is 2. The first kappa shape index (κ1) is 29.7. The first-order valence-electron chi connectivity index (χ1n) is 15.3. The lowest BCUT2D eigenvalue weighted by molar-refractivity contribution is 0.0344. The number of nitrogens with two attached hydrogens (primary N) is 1. The molecule has 1 aliphatic carbocycles.